The lowest BCUT2D eigenvalue weighted by molar-refractivity contribution is -0.671. The first-order valence-electron chi connectivity index (χ1n) is 8.99. The first-order valence-corrected chi connectivity index (χ1v) is 8.99. The Bertz CT molecular complexity index is 311. The van der Waals surface area contributed by atoms with E-state index in [9.17, 15) is 0 Å². The Kier molecular flexibility index (Phi) is 12.2. The van der Waals surface area contributed by atoms with E-state index in [-0.39, 0.29) is 0 Å². The summed E-state index contributed by atoms with van der Waals surface area (Å²) in [5.41, 5.74) is 6.93. The first kappa shape index (κ1) is 18.2. The summed E-state index contributed by atoms with van der Waals surface area (Å²) in [5.74, 6) is 0. The molecule has 0 radical (unpaired) electrons. The Labute approximate surface area is 131 Å². The van der Waals surface area contributed by atoms with Crippen LogP contribution in [0.2, 0.25) is 0 Å². The van der Waals surface area contributed by atoms with Gasteiger partial charge in [-0.1, -0.05) is 75.3 Å². The Balaban J connectivity index is 1.75. The van der Waals surface area contributed by atoms with Crippen molar-refractivity contribution >= 4 is 0 Å². The van der Waals surface area contributed by atoms with E-state index in [2.05, 4.69) is 35.6 Å². The molecule has 1 rings (SSSR count). The number of unbranched alkanes of at least 4 members (excludes halogenated alkanes) is 9. The van der Waals surface area contributed by atoms with Crippen molar-refractivity contribution in [2.45, 2.75) is 70.8 Å². The van der Waals surface area contributed by atoms with Gasteiger partial charge in [-0.05, 0) is 25.8 Å². The summed E-state index contributed by atoms with van der Waals surface area (Å²) >= 11 is 0. The molecule has 1 aromatic rings. The molecule has 120 valence electrons. The van der Waals surface area contributed by atoms with Gasteiger partial charge in [-0.2, -0.15) is 0 Å². The average molecular weight is 292 g/mol. The SMILES string of the molecule is NCCCCCCCCCCCC[NH2+]Cc1ccccc1. The van der Waals surface area contributed by atoms with Crippen LogP contribution in [0.1, 0.15) is 69.8 Å². The molecule has 0 aliphatic heterocycles. The van der Waals surface area contributed by atoms with Gasteiger partial charge in [0, 0.05) is 5.56 Å². The summed E-state index contributed by atoms with van der Waals surface area (Å²) in [5, 5.41) is 2.44. The third-order valence-electron chi connectivity index (χ3n) is 4.09. The van der Waals surface area contributed by atoms with Gasteiger partial charge in [0.05, 0.1) is 6.54 Å². The lowest BCUT2D eigenvalue weighted by Gasteiger charge is -2.03. The average Bonchev–Trinajstić information content (AvgIpc) is 2.53. The molecule has 4 N–H and O–H groups in total. The highest BCUT2D eigenvalue weighted by molar-refractivity contribution is 5.12. The van der Waals surface area contributed by atoms with Crippen LogP contribution in [-0.4, -0.2) is 13.1 Å². The van der Waals surface area contributed by atoms with E-state index in [0.717, 1.165) is 13.1 Å². The molecule has 0 saturated carbocycles. The standard InChI is InChI=1S/C19H34N2/c20-16-12-7-5-3-1-2-4-6-8-13-17-21-18-19-14-10-9-11-15-19/h9-11,14-15,21H,1-8,12-13,16-18,20H2/p+1. The minimum atomic E-state index is 0.862. The molecule has 0 spiro atoms. The Morgan fingerprint density at radius 1 is 0.667 bits per heavy atom. The summed E-state index contributed by atoms with van der Waals surface area (Å²) in [6, 6.07) is 10.8. The van der Waals surface area contributed by atoms with Gasteiger partial charge in [0.15, 0.2) is 0 Å². The molecule has 0 aliphatic rings. The van der Waals surface area contributed by atoms with Crippen molar-refractivity contribution in [3.05, 3.63) is 35.9 Å². The molecular formula is C19H35N2+. The van der Waals surface area contributed by atoms with Crippen molar-refractivity contribution in [1.82, 2.24) is 0 Å². The fourth-order valence-electron chi connectivity index (χ4n) is 2.73. The monoisotopic (exact) mass is 291 g/mol. The van der Waals surface area contributed by atoms with E-state index < -0.39 is 0 Å². The molecule has 0 atom stereocenters. The van der Waals surface area contributed by atoms with Crippen molar-refractivity contribution in [1.29, 1.82) is 0 Å². The molecule has 0 heterocycles. The number of hydrogen-bond donors (Lipinski definition) is 2. The van der Waals surface area contributed by atoms with Crippen molar-refractivity contribution in [2.75, 3.05) is 13.1 Å². The molecule has 0 fully saturated rings. The number of hydrogen-bond acceptors (Lipinski definition) is 1. The quantitative estimate of drug-likeness (QED) is 0.505. The van der Waals surface area contributed by atoms with Gasteiger partial charge in [0.1, 0.15) is 6.54 Å². The fraction of sp³-hybridized carbons (Fsp3) is 0.684. The summed E-state index contributed by atoms with van der Waals surface area (Å²) in [6.45, 7) is 3.26. The summed E-state index contributed by atoms with van der Waals surface area (Å²) in [4.78, 5) is 0. The maximum Gasteiger partial charge on any atom is 0.101 e. The van der Waals surface area contributed by atoms with Gasteiger partial charge in [0.2, 0.25) is 0 Å². The lowest BCUT2D eigenvalue weighted by atomic mass is 10.1. The summed E-state index contributed by atoms with van der Waals surface area (Å²) in [6.07, 6.45) is 13.8. The van der Waals surface area contributed by atoms with Crippen molar-refractivity contribution in [3.63, 3.8) is 0 Å². The third kappa shape index (κ3) is 11.5. The summed E-state index contributed by atoms with van der Waals surface area (Å²) < 4.78 is 0. The van der Waals surface area contributed by atoms with Crippen molar-refractivity contribution < 1.29 is 5.32 Å². The molecule has 2 heteroatoms. The molecule has 0 aromatic heterocycles. The largest absolute Gasteiger partial charge is 0.343 e. The van der Waals surface area contributed by atoms with E-state index in [1.807, 2.05) is 0 Å². The van der Waals surface area contributed by atoms with Crippen LogP contribution in [0.4, 0.5) is 0 Å². The number of benzene rings is 1. The zero-order chi connectivity index (χ0) is 15.0. The van der Waals surface area contributed by atoms with Crippen molar-refractivity contribution in [3.8, 4) is 0 Å². The molecule has 0 saturated heterocycles. The fourth-order valence-corrected chi connectivity index (χ4v) is 2.73. The minimum Gasteiger partial charge on any atom is -0.343 e. The van der Waals surface area contributed by atoms with Gasteiger partial charge in [-0.3, -0.25) is 0 Å². The molecule has 0 aliphatic carbocycles. The van der Waals surface area contributed by atoms with Crippen LogP contribution in [0.5, 0.6) is 0 Å². The Morgan fingerprint density at radius 3 is 1.76 bits per heavy atom. The molecule has 1 aromatic carbocycles. The molecule has 0 unspecified atom stereocenters. The van der Waals surface area contributed by atoms with Crippen LogP contribution in [-0.2, 0) is 6.54 Å². The van der Waals surface area contributed by atoms with E-state index in [0.29, 0.717) is 0 Å². The number of rotatable bonds is 14. The van der Waals surface area contributed by atoms with E-state index in [1.54, 1.807) is 0 Å². The topological polar surface area (TPSA) is 42.6 Å². The van der Waals surface area contributed by atoms with Crippen LogP contribution < -0.4 is 11.1 Å². The minimum absolute atomic E-state index is 0.862. The van der Waals surface area contributed by atoms with E-state index >= 15 is 0 Å². The second-order valence-electron chi connectivity index (χ2n) is 6.09. The normalized spacial score (nSPS) is 10.9. The molecule has 0 amide bonds. The van der Waals surface area contributed by atoms with Gasteiger partial charge in [-0.25, -0.2) is 0 Å². The highest BCUT2D eigenvalue weighted by Crippen LogP contribution is 2.09. The number of quaternary nitrogens is 1. The van der Waals surface area contributed by atoms with Crippen LogP contribution in [0.15, 0.2) is 30.3 Å². The molecule has 2 nitrogen and oxygen atoms in total. The first-order chi connectivity index (χ1) is 10.4. The maximum atomic E-state index is 5.49. The second kappa shape index (κ2) is 14.1. The molecular weight excluding hydrogens is 256 g/mol. The Hall–Kier alpha value is -0.860. The number of nitrogens with two attached hydrogens (primary N) is 2. The van der Waals surface area contributed by atoms with Crippen LogP contribution in [0.3, 0.4) is 0 Å². The van der Waals surface area contributed by atoms with Crippen molar-refractivity contribution in [2.24, 2.45) is 5.73 Å². The predicted octanol–water partition coefficient (Wildman–Crippen LogP) is 3.61. The third-order valence-corrected chi connectivity index (χ3v) is 4.09. The Morgan fingerprint density at radius 2 is 1.19 bits per heavy atom. The molecule has 21 heavy (non-hydrogen) atoms. The van der Waals surface area contributed by atoms with Crippen LogP contribution >= 0.6 is 0 Å². The zero-order valence-electron chi connectivity index (χ0n) is 13.7. The van der Waals surface area contributed by atoms with Crippen LogP contribution in [0, 0.1) is 0 Å². The van der Waals surface area contributed by atoms with Gasteiger partial charge >= 0.3 is 0 Å². The summed E-state index contributed by atoms with van der Waals surface area (Å²) in [7, 11) is 0. The van der Waals surface area contributed by atoms with E-state index in [4.69, 9.17) is 5.73 Å². The van der Waals surface area contributed by atoms with Gasteiger partial charge < -0.3 is 11.1 Å². The predicted molar refractivity (Wildman–Crippen MR) is 92.2 cm³/mol. The smallest absolute Gasteiger partial charge is 0.101 e. The highest BCUT2D eigenvalue weighted by Gasteiger charge is 1.96. The van der Waals surface area contributed by atoms with E-state index in [1.165, 1.54) is 76.3 Å². The van der Waals surface area contributed by atoms with Gasteiger partial charge in [0.25, 0.3) is 0 Å². The lowest BCUT2D eigenvalue weighted by Crippen LogP contribution is -2.82. The maximum absolute atomic E-state index is 5.49. The molecule has 0 bridgehead atoms. The van der Waals surface area contributed by atoms with Gasteiger partial charge in [-0.15, -0.1) is 0 Å². The highest BCUT2D eigenvalue weighted by atomic mass is 14.8. The second-order valence-corrected chi connectivity index (χ2v) is 6.09. The van der Waals surface area contributed by atoms with Crippen LogP contribution in [0.25, 0.3) is 0 Å². The zero-order valence-corrected chi connectivity index (χ0v) is 13.7.